The number of oxime groups is 1. The van der Waals surface area contributed by atoms with Gasteiger partial charge in [-0.05, 0) is 32.1 Å². The van der Waals surface area contributed by atoms with E-state index in [9.17, 15) is 4.79 Å². The Morgan fingerprint density at radius 2 is 2.17 bits per heavy atom. The van der Waals surface area contributed by atoms with Crippen LogP contribution in [0.1, 0.15) is 33.1 Å². The van der Waals surface area contributed by atoms with Crippen molar-refractivity contribution in [2.45, 2.75) is 45.3 Å². The fourth-order valence-electron chi connectivity index (χ4n) is 2.96. The molecule has 6 heteroatoms. The van der Waals surface area contributed by atoms with Crippen molar-refractivity contribution < 1.29 is 14.7 Å². The van der Waals surface area contributed by atoms with Gasteiger partial charge in [-0.1, -0.05) is 12.1 Å². The Morgan fingerprint density at radius 1 is 1.50 bits per heavy atom. The quantitative estimate of drug-likeness (QED) is 0.295. The highest BCUT2D eigenvalue weighted by Crippen LogP contribution is 2.46. The molecular weight excluding hydrogens is 234 g/mol. The molecule has 0 aromatic carbocycles. The minimum absolute atomic E-state index is 0.0182. The van der Waals surface area contributed by atoms with E-state index in [0.717, 1.165) is 6.42 Å². The van der Waals surface area contributed by atoms with E-state index in [1.807, 2.05) is 6.92 Å². The summed E-state index contributed by atoms with van der Waals surface area (Å²) < 4.78 is 5.41. The van der Waals surface area contributed by atoms with Gasteiger partial charge in [0.25, 0.3) is 0 Å². The number of amides is 1. The Hall–Kier alpha value is -1.30. The third kappa shape index (κ3) is 2.05. The molecule has 18 heavy (non-hydrogen) atoms. The van der Waals surface area contributed by atoms with Crippen molar-refractivity contribution in [3.8, 4) is 0 Å². The molecule has 4 N–H and O–H groups in total. The largest absolute Gasteiger partial charge is 0.409 e. The number of nitrogens with two attached hydrogens (primary N) is 1. The molecule has 102 valence electrons. The lowest BCUT2D eigenvalue weighted by Crippen LogP contribution is -2.59. The number of nitrogens with one attached hydrogen (secondary N) is 1. The number of nitrogens with zero attached hydrogens (tertiary/aromatic N) is 1. The van der Waals surface area contributed by atoms with Gasteiger partial charge in [0.05, 0.1) is 12.1 Å². The molecule has 2 fully saturated rings. The van der Waals surface area contributed by atoms with Crippen molar-refractivity contribution in [2.75, 3.05) is 6.61 Å². The maximum absolute atomic E-state index is 12.4. The Balaban J connectivity index is 2.06. The molecule has 1 saturated carbocycles. The summed E-state index contributed by atoms with van der Waals surface area (Å²) in [7, 11) is 0. The van der Waals surface area contributed by atoms with Gasteiger partial charge < -0.3 is 21.0 Å². The molecule has 1 saturated heterocycles. The number of carbonyl (C=O) groups excluding carboxylic acids is 1. The van der Waals surface area contributed by atoms with Gasteiger partial charge in [-0.3, -0.25) is 4.79 Å². The first-order chi connectivity index (χ1) is 8.49. The van der Waals surface area contributed by atoms with Crippen molar-refractivity contribution in [1.29, 1.82) is 0 Å². The smallest absolute Gasteiger partial charge is 0.234 e. The van der Waals surface area contributed by atoms with E-state index >= 15 is 0 Å². The van der Waals surface area contributed by atoms with Crippen LogP contribution in [0.3, 0.4) is 0 Å². The summed E-state index contributed by atoms with van der Waals surface area (Å²) in [5.41, 5.74) is 4.87. The molecule has 0 spiro atoms. The summed E-state index contributed by atoms with van der Waals surface area (Å²) >= 11 is 0. The molecule has 2 rings (SSSR count). The summed E-state index contributed by atoms with van der Waals surface area (Å²) in [5, 5.41) is 14.8. The molecule has 0 aromatic rings. The minimum atomic E-state index is -0.823. The third-order valence-electron chi connectivity index (χ3n) is 4.12. The number of ether oxygens (including phenoxy) is 1. The molecule has 2 atom stereocenters. The highest BCUT2D eigenvalue weighted by molar-refractivity contribution is 6.07. The lowest BCUT2D eigenvalue weighted by Gasteiger charge is -2.44. The molecule has 1 heterocycles. The van der Waals surface area contributed by atoms with Crippen molar-refractivity contribution in [2.24, 2.45) is 22.2 Å². The lowest BCUT2D eigenvalue weighted by molar-refractivity contribution is -0.134. The molecule has 2 aliphatic rings. The Labute approximate surface area is 107 Å². The Morgan fingerprint density at radius 3 is 2.61 bits per heavy atom. The van der Waals surface area contributed by atoms with Crippen molar-refractivity contribution >= 4 is 11.7 Å². The zero-order valence-corrected chi connectivity index (χ0v) is 10.8. The SMILES string of the molecule is CC1CC(C(=O)NC2CCOC2C)(C(N)=NO)C1. The molecule has 0 aromatic heterocycles. The number of amidine groups is 1. The predicted molar refractivity (Wildman–Crippen MR) is 66.2 cm³/mol. The van der Waals surface area contributed by atoms with Crippen LogP contribution in [0.5, 0.6) is 0 Å². The van der Waals surface area contributed by atoms with E-state index < -0.39 is 5.41 Å². The highest BCUT2D eigenvalue weighted by Gasteiger charge is 2.52. The van der Waals surface area contributed by atoms with Crippen molar-refractivity contribution in [3.05, 3.63) is 0 Å². The highest BCUT2D eigenvalue weighted by atomic mass is 16.5. The summed E-state index contributed by atoms with van der Waals surface area (Å²) in [6.45, 7) is 4.66. The van der Waals surface area contributed by atoms with Crippen LogP contribution in [0.25, 0.3) is 0 Å². The van der Waals surface area contributed by atoms with Crippen LogP contribution in [0, 0.1) is 11.3 Å². The number of rotatable bonds is 3. The van der Waals surface area contributed by atoms with Crippen LogP contribution >= 0.6 is 0 Å². The van der Waals surface area contributed by atoms with Crippen LogP contribution in [-0.2, 0) is 9.53 Å². The summed E-state index contributed by atoms with van der Waals surface area (Å²) in [6.07, 6.45) is 2.11. The molecule has 2 unspecified atom stereocenters. The molecule has 1 aliphatic heterocycles. The van der Waals surface area contributed by atoms with E-state index in [1.54, 1.807) is 0 Å². The van der Waals surface area contributed by atoms with Crippen LogP contribution in [0.2, 0.25) is 0 Å². The number of carbonyl (C=O) groups is 1. The zero-order chi connectivity index (χ0) is 13.3. The fraction of sp³-hybridized carbons (Fsp3) is 0.833. The molecule has 0 bridgehead atoms. The summed E-state index contributed by atoms with van der Waals surface area (Å²) in [6, 6.07) is 0.0248. The molecule has 1 aliphatic carbocycles. The van der Waals surface area contributed by atoms with Crippen LogP contribution in [0.15, 0.2) is 5.16 Å². The molecule has 1 amide bonds. The summed E-state index contributed by atoms with van der Waals surface area (Å²) in [4.78, 5) is 12.4. The van der Waals surface area contributed by atoms with Crippen LogP contribution in [0.4, 0.5) is 0 Å². The van der Waals surface area contributed by atoms with Crippen LogP contribution in [-0.4, -0.2) is 35.7 Å². The van der Waals surface area contributed by atoms with E-state index in [2.05, 4.69) is 17.4 Å². The molecular formula is C12H21N3O3. The van der Waals surface area contributed by atoms with Gasteiger partial charge in [0.2, 0.25) is 5.91 Å². The zero-order valence-electron chi connectivity index (χ0n) is 10.8. The fourth-order valence-corrected chi connectivity index (χ4v) is 2.96. The monoisotopic (exact) mass is 255 g/mol. The van der Waals surface area contributed by atoms with Gasteiger partial charge in [-0.15, -0.1) is 0 Å². The first kappa shape index (κ1) is 13.1. The maximum atomic E-state index is 12.4. The number of hydrogen-bond acceptors (Lipinski definition) is 4. The Kier molecular flexibility index (Phi) is 3.47. The predicted octanol–water partition coefficient (Wildman–Crippen LogP) is 0.443. The average Bonchev–Trinajstić information content (AvgIpc) is 2.69. The number of hydrogen-bond donors (Lipinski definition) is 3. The third-order valence-corrected chi connectivity index (χ3v) is 4.12. The second-order valence-corrected chi connectivity index (χ2v) is 5.53. The van der Waals surface area contributed by atoms with Gasteiger partial charge in [0.1, 0.15) is 5.41 Å². The van der Waals surface area contributed by atoms with Gasteiger partial charge in [0, 0.05) is 6.61 Å². The van der Waals surface area contributed by atoms with Gasteiger partial charge in [-0.25, -0.2) is 0 Å². The van der Waals surface area contributed by atoms with Crippen molar-refractivity contribution in [1.82, 2.24) is 5.32 Å². The van der Waals surface area contributed by atoms with Crippen LogP contribution < -0.4 is 11.1 Å². The normalized spacial score (nSPS) is 40.3. The maximum Gasteiger partial charge on any atom is 0.234 e. The van der Waals surface area contributed by atoms with E-state index in [-0.39, 0.29) is 23.9 Å². The minimum Gasteiger partial charge on any atom is -0.409 e. The average molecular weight is 255 g/mol. The van der Waals surface area contributed by atoms with E-state index in [0.29, 0.717) is 25.4 Å². The topological polar surface area (TPSA) is 96.9 Å². The summed E-state index contributed by atoms with van der Waals surface area (Å²) in [5.74, 6) is 0.302. The molecule has 6 nitrogen and oxygen atoms in total. The second-order valence-electron chi connectivity index (χ2n) is 5.53. The van der Waals surface area contributed by atoms with Crippen molar-refractivity contribution in [3.63, 3.8) is 0 Å². The van der Waals surface area contributed by atoms with E-state index in [1.165, 1.54) is 0 Å². The lowest BCUT2D eigenvalue weighted by atomic mass is 9.61. The van der Waals surface area contributed by atoms with Gasteiger partial charge in [0.15, 0.2) is 5.84 Å². The standard InChI is InChI=1S/C12H21N3O3/c1-7-5-12(6-7,10(13)15-17)11(16)14-9-3-4-18-8(9)2/h7-9,17H,3-6H2,1-2H3,(H2,13,15)(H,14,16). The Bertz CT molecular complexity index is 364. The molecule has 0 radical (unpaired) electrons. The van der Waals surface area contributed by atoms with Gasteiger partial charge in [-0.2, -0.15) is 0 Å². The first-order valence-corrected chi connectivity index (χ1v) is 6.40. The second kappa shape index (κ2) is 4.76. The first-order valence-electron chi connectivity index (χ1n) is 6.40. The van der Waals surface area contributed by atoms with Gasteiger partial charge >= 0.3 is 0 Å². The van der Waals surface area contributed by atoms with E-state index in [4.69, 9.17) is 15.7 Å².